The van der Waals surface area contributed by atoms with Gasteiger partial charge in [0.1, 0.15) is 0 Å². The molecule has 0 spiro atoms. The molecule has 0 atom stereocenters. The number of hydrogen-bond donors (Lipinski definition) is 1. The number of urea groups is 1. The van der Waals surface area contributed by atoms with E-state index in [9.17, 15) is 4.79 Å². The van der Waals surface area contributed by atoms with Gasteiger partial charge in [0, 0.05) is 43.7 Å². The maximum atomic E-state index is 13.5. The first-order valence-electron chi connectivity index (χ1n) is 12.7. The van der Waals surface area contributed by atoms with Crippen molar-refractivity contribution in [3.05, 3.63) is 95.0 Å². The first-order chi connectivity index (χ1) is 18.2. The third kappa shape index (κ3) is 8.55. The zero-order chi connectivity index (χ0) is 25.5. The summed E-state index contributed by atoms with van der Waals surface area (Å²) in [5.74, 6) is 0.200. The van der Waals surface area contributed by atoms with Crippen LogP contribution in [0.5, 0.6) is 0 Å². The second-order valence-electron chi connectivity index (χ2n) is 9.16. The van der Waals surface area contributed by atoms with Crippen LogP contribution in [0.2, 0.25) is 5.02 Å². The van der Waals surface area contributed by atoms with Gasteiger partial charge in [0.05, 0.1) is 23.4 Å². The molecule has 0 aliphatic carbocycles. The van der Waals surface area contributed by atoms with Gasteiger partial charge in [-0.25, -0.2) is 9.78 Å². The SMILES string of the molecule is Cl.Cl.O=C(Nc1nc2ccc(Cl)cc2s1)N(CCC(c1ccccc1)c1ccccc1)CCN1CCOCC1. The molecule has 0 unspecified atom stereocenters. The Labute approximate surface area is 251 Å². The van der Waals surface area contributed by atoms with Gasteiger partial charge < -0.3 is 9.64 Å². The quantitative estimate of drug-likeness (QED) is 0.219. The molecule has 0 radical (unpaired) electrons. The molecule has 5 rings (SSSR count). The van der Waals surface area contributed by atoms with Crippen molar-refractivity contribution >= 4 is 69.1 Å². The van der Waals surface area contributed by atoms with Crippen molar-refractivity contribution in [3.8, 4) is 0 Å². The summed E-state index contributed by atoms with van der Waals surface area (Å²) in [5, 5.41) is 4.30. The molecule has 208 valence electrons. The van der Waals surface area contributed by atoms with Crippen molar-refractivity contribution in [1.82, 2.24) is 14.8 Å². The second kappa shape index (κ2) is 15.4. The molecule has 1 aliphatic rings. The Hall–Kier alpha value is -2.39. The molecule has 1 saturated heterocycles. The summed E-state index contributed by atoms with van der Waals surface area (Å²) in [5.41, 5.74) is 3.34. The third-order valence-corrected chi connectivity index (χ3v) is 7.90. The number of benzene rings is 3. The summed E-state index contributed by atoms with van der Waals surface area (Å²) in [6.45, 7) is 5.35. The Morgan fingerprint density at radius 2 is 1.62 bits per heavy atom. The van der Waals surface area contributed by atoms with Gasteiger partial charge in [0.15, 0.2) is 5.13 Å². The fourth-order valence-electron chi connectivity index (χ4n) is 4.71. The molecule has 10 heteroatoms. The molecule has 1 aliphatic heterocycles. The fourth-order valence-corrected chi connectivity index (χ4v) is 5.84. The monoisotopic (exact) mass is 606 g/mol. The van der Waals surface area contributed by atoms with E-state index >= 15 is 0 Å². The van der Waals surface area contributed by atoms with Gasteiger partial charge in [-0.1, -0.05) is 83.6 Å². The molecule has 2 heterocycles. The van der Waals surface area contributed by atoms with Gasteiger partial charge in [-0.2, -0.15) is 0 Å². The minimum absolute atomic E-state index is 0. The highest BCUT2D eigenvalue weighted by atomic mass is 35.5. The van der Waals surface area contributed by atoms with Gasteiger partial charge in [0.2, 0.25) is 0 Å². The Kier molecular flexibility index (Phi) is 12.3. The Bertz CT molecular complexity index is 1260. The molecule has 1 aromatic heterocycles. The van der Waals surface area contributed by atoms with E-state index < -0.39 is 0 Å². The van der Waals surface area contributed by atoms with Crippen LogP contribution in [0, 0.1) is 0 Å². The Balaban J connectivity index is 0.00000210. The summed E-state index contributed by atoms with van der Waals surface area (Å²) < 4.78 is 6.45. The predicted molar refractivity (Wildman–Crippen MR) is 166 cm³/mol. The van der Waals surface area contributed by atoms with E-state index in [-0.39, 0.29) is 36.8 Å². The standard InChI is InChI=1S/C29H31ClN4O2S.2ClH/c30-24-11-12-26-27(21-24)37-28(31-26)32-29(35)34(16-15-33-17-19-36-20-18-33)14-13-25(22-7-3-1-4-8-22)23-9-5-2-6-10-23;;/h1-12,21,25H,13-20H2,(H,31,32,35);2*1H. The van der Waals surface area contributed by atoms with Crippen LogP contribution in [0.3, 0.4) is 0 Å². The molecular formula is C29H33Cl3N4O2S. The Morgan fingerprint density at radius 1 is 0.974 bits per heavy atom. The van der Waals surface area contributed by atoms with E-state index in [1.165, 1.54) is 22.5 Å². The van der Waals surface area contributed by atoms with Crippen molar-refractivity contribution in [3.63, 3.8) is 0 Å². The highest BCUT2D eigenvalue weighted by Crippen LogP contribution is 2.30. The number of aromatic nitrogens is 1. The number of carbonyl (C=O) groups excluding carboxylic acids is 1. The zero-order valence-corrected chi connectivity index (χ0v) is 24.7. The summed E-state index contributed by atoms with van der Waals surface area (Å²) >= 11 is 7.58. The van der Waals surface area contributed by atoms with Crippen molar-refractivity contribution in [2.45, 2.75) is 12.3 Å². The van der Waals surface area contributed by atoms with E-state index in [2.05, 4.69) is 63.7 Å². The van der Waals surface area contributed by atoms with Crippen molar-refractivity contribution in [2.24, 2.45) is 0 Å². The number of anilines is 1. The number of morpholine rings is 1. The van der Waals surface area contributed by atoms with Crippen molar-refractivity contribution < 1.29 is 9.53 Å². The normalized spacial score (nSPS) is 13.5. The van der Waals surface area contributed by atoms with Crippen LogP contribution in [-0.2, 0) is 4.74 Å². The lowest BCUT2D eigenvalue weighted by Gasteiger charge is -2.31. The molecule has 0 bridgehead atoms. The van der Waals surface area contributed by atoms with Gasteiger partial charge in [-0.15, -0.1) is 24.8 Å². The van der Waals surface area contributed by atoms with E-state index in [1.807, 2.05) is 35.2 Å². The van der Waals surface area contributed by atoms with Crippen molar-refractivity contribution in [2.75, 3.05) is 51.3 Å². The predicted octanol–water partition coefficient (Wildman–Crippen LogP) is 7.18. The molecule has 3 aromatic carbocycles. The van der Waals surface area contributed by atoms with Gasteiger partial charge in [-0.05, 0) is 35.7 Å². The second-order valence-corrected chi connectivity index (χ2v) is 10.6. The topological polar surface area (TPSA) is 57.7 Å². The number of nitrogens with one attached hydrogen (secondary N) is 1. The number of halogens is 3. The molecule has 1 fully saturated rings. The summed E-state index contributed by atoms with van der Waals surface area (Å²) in [4.78, 5) is 22.4. The minimum atomic E-state index is -0.127. The smallest absolute Gasteiger partial charge is 0.323 e. The molecule has 0 saturated carbocycles. The summed E-state index contributed by atoms with van der Waals surface area (Å²) in [6, 6.07) is 26.5. The number of nitrogens with zero attached hydrogens (tertiary/aromatic N) is 3. The molecule has 39 heavy (non-hydrogen) atoms. The van der Waals surface area contributed by atoms with Gasteiger partial charge >= 0.3 is 6.03 Å². The summed E-state index contributed by atoms with van der Waals surface area (Å²) in [7, 11) is 0. The number of hydrogen-bond acceptors (Lipinski definition) is 5. The van der Waals surface area contributed by atoms with E-state index in [1.54, 1.807) is 0 Å². The highest BCUT2D eigenvalue weighted by Gasteiger charge is 2.21. The van der Waals surface area contributed by atoms with Crippen LogP contribution >= 0.6 is 47.8 Å². The number of carbonyl (C=O) groups is 1. The minimum Gasteiger partial charge on any atom is -0.379 e. The number of amides is 2. The van der Waals surface area contributed by atoms with Gasteiger partial charge in [-0.3, -0.25) is 10.2 Å². The van der Waals surface area contributed by atoms with Crippen LogP contribution < -0.4 is 5.32 Å². The number of fused-ring (bicyclic) bond motifs is 1. The molecular weight excluding hydrogens is 575 g/mol. The van der Waals surface area contributed by atoms with E-state index in [0.29, 0.717) is 23.2 Å². The van der Waals surface area contributed by atoms with Crippen molar-refractivity contribution in [1.29, 1.82) is 0 Å². The molecule has 6 nitrogen and oxygen atoms in total. The third-order valence-electron chi connectivity index (χ3n) is 6.73. The van der Waals surface area contributed by atoms with Crippen LogP contribution in [0.1, 0.15) is 23.5 Å². The number of thiazole rings is 1. The molecule has 2 amide bonds. The lowest BCUT2D eigenvalue weighted by Crippen LogP contribution is -2.44. The van der Waals surface area contributed by atoms with E-state index in [4.69, 9.17) is 16.3 Å². The number of rotatable bonds is 9. The number of ether oxygens (including phenoxy) is 1. The van der Waals surface area contributed by atoms with E-state index in [0.717, 1.165) is 49.5 Å². The van der Waals surface area contributed by atoms with Gasteiger partial charge in [0.25, 0.3) is 0 Å². The molecule has 1 N–H and O–H groups in total. The first kappa shape index (κ1) is 31.1. The van der Waals surface area contributed by atoms with Crippen LogP contribution in [-0.4, -0.2) is 66.8 Å². The van der Waals surface area contributed by atoms with Crippen LogP contribution in [0.25, 0.3) is 10.2 Å². The Morgan fingerprint density at radius 3 is 2.26 bits per heavy atom. The lowest BCUT2D eigenvalue weighted by molar-refractivity contribution is 0.0351. The average molecular weight is 608 g/mol. The summed E-state index contributed by atoms with van der Waals surface area (Å²) in [6.07, 6.45) is 0.819. The molecule has 4 aromatic rings. The van der Waals surface area contributed by atoms with Crippen LogP contribution in [0.15, 0.2) is 78.9 Å². The maximum Gasteiger partial charge on any atom is 0.323 e. The average Bonchev–Trinajstić information content (AvgIpc) is 3.33. The highest BCUT2D eigenvalue weighted by molar-refractivity contribution is 7.22. The maximum absolute atomic E-state index is 13.5. The zero-order valence-electron chi connectivity index (χ0n) is 21.5. The van der Waals surface area contributed by atoms with Crippen LogP contribution in [0.4, 0.5) is 9.93 Å². The largest absolute Gasteiger partial charge is 0.379 e. The fraction of sp³-hybridized carbons (Fsp3) is 0.310. The lowest BCUT2D eigenvalue weighted by atomic mass is 9.88. The first-order valence-corrected chi connectivity index (χ1v) is 13.9.